The number of isocyanates is 1. The van der Waals surface area contributed by atoms with E-state index in [1.54, 1.807) is 20.8 Å². The quantitative estimate of drug-likeness (QED) is 0.610. The van der Waals surface area contributed by atoms with E-state index >= 15 is 0 Å². The number of aliphatic imine (C=N–C) groups is 1. The van der Waals surface area contributed by atoms with Crippen molar-refractivity contribution < 1.29 is 22.7 Å². The summed E-state index contributed by atoms with van der Waals surface area (Å²) in [5.41, 5.74) is 0. The summed E-state index contributed by atoms with van der Waals surface area (Å²) in [6.07, 6.45) is 0.433. The molecule has 1 aliphatic rings. The number of hydrogen-bond donors (Lipinski definition) is 1. The van der Waals surface area contributed by atoms with Gasteiger partial charge < -0.3 is 4.74 Å². The molecule has 0 aromatic rings. The summed E-state index contributed by atoms with van der Waals surface area (Å²) in [4.78, 5) is 25.4. The van der Waals surface area contributed by atoms with E-state index < -0.39 is 28.6 Å². The van der Waals surface area contributed by atoms with Gasteiger partial charge in [-0.3, -0.25) is 0 Å². The number of piperidine rings is 1. The summed E-state index contributed by atoms with van der Waals surface area (Å²) in [5.74, 6) is -0.122. The molecule has 1 saturated heterocycles. The van der Waals surface area contributed by atoms with E-state index in [-0.39, 0.29) is 12.5 Å². The van der Waals surface area contributed by atoms with Crippen LogP contribution in [0.1, 0.15) is 33.6 Å². The van der Waals surface area contributed by atoms with Crippen LogP contribution >= 0.6 is 0 Å². The van der Waals surface area contributed by atoms with Crippen LogP contribution in [0.5, 0.6) is 0 Å². The zero-order chi connectivity index (χ0) is 15.3. The molecule has 114 valence electrons. The third kappa shape index (κ3) is 4.29. The summed E-state index contributed by atoms with van der Waals surface area (Å²) in [6.45, 7) is 5.19. The van der Waals surface area contributed by atoms with Crippen LogP contribution in [0.3, 0.4) is 0 Å². The molecule has 0 bridgehead atoms. The Bertz CT molecular complexity index is 498. The second kappa shape index (κ2) is 6.83. The average Bonchev–Trinajstić information content (AvgIpc) is 2.29. The summed E-state index contributed by atoms with van der Waals surface area (Å²) in [6, 6.07) is 0. The van der Waals surface area contributed by atoms with Crippen molar-refractivity contribution in [3.05, 3.63) is 0 Å². The van der Waals surface area contributed by atoms with Crippen LogP contribution in [-0.2, 0) is 19.7 Å². The summed E-state index contributed by atoms with van der Waals surface area (Å²) < 4.78 is 31.8. The van der Waals surface area contributed by atoms with Gasteiger partial charge in [0.15, 0.2) is 0 Å². The minimum atomic E-state index is -4.10. The molecular weight excluding hydrogens is 286 g/mol. The maximum atomic E-state index is 12.1. The summed E-state index contributed by atoms with van der Waals surface area (Å²) in [5, 5.41) is 0. The van der Waals surface area contributed by atoms with E-state index in [2.05, 4.69) is 4.99 Å². The average molecular weight is 305 g/mol. The topological polar surface area (TPSA) is 105 Å². The number of nitrogens with one attached hydrogen (secondary N) is 1. The first-order valence-corrected chi connectivity index (χ1v) is 7.79. The van der Waals surface area contributed by atoms with Crippen molar-refractivity contribution in [2.45, 2.75) is 45.9 Å². The van der Waals surface area contributed by atoms with Crippen molar-refractivity contribution in [2.24, 2.45) is 10.9 Å². The number of ether oxygens (including phenoxy) is 1. The van der Waals surface area contributed by atoms with Gasteiger partial charge in [-0.05, 0) is 32.6 Å². The predicted octanol–water partition coefficient (Wildman–Crippen LogP) is 0.760. The molecule has 1 fully saturated rings. The lowest BCUT2D eigenvalue weighted by Crippen LogP contribution is -2.52. The Hall–Kier alpha value is -1.44. The summed E-state index contributed by atoms with van der Waals surface area (Å²) >= 11 is 0. The van der Waals surface area contributed by atoms with Gasteiger partial charge in [-0.2, -0.15) is 17.7 Å². The molecule has 0 aromatic heterocycles. The summed E-state index contributed by atoms with van der Waals surface area (Å²) in [7, 11) is -4.10. The number of rotatable bonds is 4. The van der Waals surface area contributed by atoms with E-state index in [4.69, 9.17) is 4.74 Å². The predicted molar refractivity (Wildman–Crippen MR) is 70.7 cm³/mol. The number of carbonyl (C=O) groups is 1. The highest BCUT2D eigenvalue weighted by Crippen LogP contribution is 2.25. The molecule has 1 amide bonds. The largest absolute Gasteiger partial charge is 0.446 e. The van der Waals surface area contributed by atoms with Gasteiger partial charge in [0, 0.05) is 6.54 Å². The molecule has 0 aromatic carbocycles. The van der Waals surface area contributed by atoms with Crippen molar-refractivity contribution in [2.75, 3.05) is 6.54 Å². The molecule has 2 unspecified atom stereocenters. The van der Waals surface area contributed by atoms with Gasteiger partial charge in [-0.1, -0.05) is 6.92 Å². The molecule has 8 nitrogen and oxygen atoms in total. The van der Waals surface area contributed by atoms with Crippen LogP contribution < -0.4 is 4.72 Å². The second-order valence-electron chi connectivity index (χ2n) is 4.93. The van der Waals surface area contributed by atoms with Gasteiger partial charge in [0.1, 0.15) is 6.17 Å². The standard InChI is InChI=1S/C11H19N3O5S/c1-8(2)19-11(16)13-20(17,18)14-6-4-5-9(3)10(14)12-7-15/h8-10H,4-6H2,1-3H3,(H,13,16). The fourth-order valence-corrected chi connectivity index (χ4v) is 3.33. The highest BCUT2D eigenvalue weighted by atomic mass is 32.2. The van der Waals surface area contributed by atoms with Gasteiger partial charge in [0.05, 0.1) is 6.10 Å². The molecule has 0 spiro atoms. The van der Waals surface area contributed by atoms with Crippen molar-refractivity contribution in [3.8, 4) is 0 Å². The van der Waals surface area contributed by atoms with Gasteiger partial charge >= 0.3 is 16.3 Å². The molecule has 1 heterocycles. The Morgan fingerprint density at radius 2 is 2.15 bits per heavy atom. The zero-order valence-electron chi connectivity index (χ0n) is 11.7. The first-order chi connectivity index (χ1) is 9.27. The third-order valence-corrected chi connectivity index (χ3v) is 4.33. The molecule has 1 aliphatic heterocycles. The molecule has 1 rings (SSSR count). The number of amides is 1. The Labute approximate surface area is 118 Å². The molecular formula is C11H19N3O5S. The highest BCUT2D eigenvalue weighted by Gasteiger charge is 2.37. The Kier molecular flexibility index (Phi) is 5.67. The fourth-order valence-electron chi connectivity index (χ4n) is 2.04. The highest BCUT2D eigenvalue weighted by molar-refractivity contribution is 7.87. The van der Waals surface area contributed by atoms with E-state index in [9.17, 15) is 18.0 Å². The first kappa shape index (κ1) is 16.6. The van der Waals surface area contributed by atoms with Crippen LogP contribution in [0.25, 0.3) is 0 Å². The van der Waals surface area contributed by atoms with Crippen LogP contribution in [0, 0.1) is 5.92 Å². The third-order valence-electron chi connectivity index (χ3n) is 2.89. The number of carbonyl (C=O) groups excluding carboxylic acids is 2. The lowest BCUT2D eigenvalue weighted by molar-refractivity contribution is 0.119. The maximum Gasteiger partial charge on any atom is 0.422 e. The van der Waals surface area contributed by atoms with Crippen molar-refractivity contribution >= 4 is 22.4 Å². The molecule has 0 saturated carbocycles. The van der Waals surface area contributed by atoms with E-state index in [1.165, 1.54) is 6.08 Å². The smallest absolute Gasteiger partial charge is 0.422 e. The van der Waals surface area contributed by atoms with Crippen LogP contribution in [0.2, 0.25) is 0 Å². The van der Waals surface area contributed by atoms with Crippen molar-refractivity contribution in [1.82, 2.24) is 9.03 Å². The molecule has 2 atom stereocenters. The van der Waals surface area contributed by atoms with E-state index in [0.717, 1.165) is 10.7 Å². The first-order valence-electron chi connectivity index (χ1n) is 6.35. The normalized spacial score (nSPS) is 24.0. The minimum absolute atomic E-state index is 0.122. The molecule has 9 heteroatoms. The van der Waals surface area contributed by atoms with Crippen LogP contribution in [-0.4, -0.2) is 43.7 Å². The SMILES string of the molecule is CC(C)OC(=O)NS(=O)(=O)N1CCCC(C)C1N=C=O. The second-order valence-corrected chi connectivity index (χ2v) is 6.55. The zero-order valence-corrected chi connectivity index (χ0v) is 12.5. The Balaban J connectivity index is 2.88. The Morgan fingerprint density at radius 1 is 1.50 bits per heavy atom. The van der Waals surface area contributed by atoms with Gasteiger partial charge in [-0.15, -0.1) is 0 Å². The van der Waals surface area contributed by atoms with Crippen molar-refractivity contribution in [3.63, 3.8) is 0 Å². The lowest BCUT2D eigenvalue weighted by atomic mass is 9.98. The van der Waals surface area contributed by atoms with Crippen LogP contribution in [0.15, 0.2) is 4.99 Å². The van der Waals surface area contributed by atoms with Crippen molar-refractivity contribution in [1.29, 1.82) is 0 Å². The van der Waals surface area contributed by atoms with Gasteiger partial charge in [0.2, 0.25) is 6.08 Å². The van der Waals surface area contributed by atoms with Gasteiger partial charge in [-0.25, -0.2) is 14.3 Å². The lowest BCUT2D eigenvalue weighted by Gasteiger charge is -2.34. The molecule has 1 N–H and O–H groups in total. The fraction of sp³-hybridized carbons (Fsp3) is 0.818. The monoisotopic (exact) mass is 305 g/mol. The van der Waals surface area contributed by atoms with E-state index in [1.807, 2.05) is 4.72 Å². The van der Waals surface area contributed by atoms with Gasteiger partial charge in [0.25, 0.3) is 0 Å². The number of hydrogen-bond acceptors (Lipinski definition) is 6. The Morgan fingerprint density at radius 3 is 2.70 bits per heavy atom. The molecule has 0 radical (unpaired) electrons. The molecule has 20 heavy (non-hydrogen) atoms. The maximum absolute atomic E-state index is 12.1. The van der Waals surface area contributed by atoms with E-state index in [0.29, 0.717) is 6.42 Å². The van der Waals surface area contributed by atoms with Crippen LogP contribution in [0.4, 0.5) is 4.79 Å². The molecule has 0 aliphatic carbocycles. The minimum Gasteiger partial charge on any atom is -0.446 e. The number of nitrogens with zero attached hydrogens (tertiary/aromatic N) is 2.